The molecule has 30 heavy (non-hydrogen) atoms. The second-order valence-corrected chi connectivity index (χ2v) is 6.87. The van der Waals surface area contributed by atoms with Gasteiger partial charge in [-0.2, -0.15) is 0 Å². The quantitative estimate of drug-likeness (QED) is 0.114. The minimum absolute atomic E-state index is 0.0732. The van der Waals surface area contributed by atoms with Crippen molar-refractivity contribution in [3.63, 3.8) is 0 Å². The van der Waals surface area contributed by atoms with Crippen molar-refractivity contribution in [3.05, 3.63) is 35.9 Å². The number of aliphatic carboxylic acids is 1. The Bertz CT molecular complexity index is 736. The Kier molecular flexibility index (Phi) is 10.3. The molecule has 0 radical (unpaired) electrons. The maximum absolute atomic E-state index is 12.7. The average molecular weight is 422 g/mol. The van der Waals surface area contributed by atoms with Crippen LogP contribution >= 0.6 is 0 Å². The summed E-state index contributed by atoms with van der Waals surface area (Å²) in [6.45, 7) is 1.56. The number of nitrogens with zero attached hydrogens (tertiary/aromatic N) is 1. The van der Waals surface area contributed by atoms with Crippen LogP contribution in [-0.2, 0) is 20.8 Å². The fourth-order valence-corrected chi connectivity index (χ4v) is 2.58. The number of aliphatic hydroxyl groups excluding tert-OH is 1. The van der Waals surface area contributed by atoms with Crippen molar-refractivity contribution in [3.8, 4) is 0 Å². The van der Waals surface area contributed by atoms with E-state index in [9.17, 15) is 24.6 Å². The van der Waals surface area contributed by atoms with E-state index in [1.54, 1.807) is 30.3 Å². The molecule has 0 saturated heterocycles. The number of carbonyl (C=O) groups excluding carboxylic acids is 2. The third-order valence-corrected chi connectivity index (χ3v) is 4.30. The molecule has 4 atom stereocenters. The van der Waals surface area contributed by atoms with Gasteiger partial charge in [0, 0.05) is 13.0 Å². The Labute approximate surface area is 174 Å². The van der Waals surface area contributed by atoms with Crippen molar-refractivity contribution < 1.29 is 24.6 Å². The topological polar surface area (TPSA) is 206 Å². The lowest BCUT2D eigenvalue weighted by Crippen LogP contribution is -2.56. The van der Waals surface area contributed by atoms with Crippen molar-refractivity contribution in [2.75, 3.05) is 6.54 Å². The molecule has 166 valence electrons. The molecule has 0 saturated carbocycles. The number of aliphatic imine (C=N–C) groups is 1. The summed E-state index contributed by atoms with van der Waals surface area (Å²) in [5, 5.41) is 23.9. The number of nitrogens with two attached hydrogens (primary N) is 3. The molecule has 11 nitrogen and oxygen atoms in total. The van der Waals surface area contributed by atoms with E-state index < -0.39 is 42.0 Å². The van der Waals surface area contributed by atoms with Gasteiger partial charge in [-0.15, -0.1) is 0 Å². The van der Waals surface area contributed by atoms with Gasteiger partial charge >= 0.3 is 5.97 Å². The molecule has 1 aromatic rings. The zero-order valence-electron chi connectivity index (χ0n) is 16.8. The van der Waals surface area contributed by atoms with Gasteiger partial charge in [-0.3, -0.25) is 14.6 Å². The van der Waals surface area contributed by atoms with Crippen LogP contribution in [0.25, 0.3) is 0 Å². The number of benzene rings is 1. The van der Waals surface area contributed by atoms with E-state index in [2.05, 4.69) is 15.6 Å². The van der Waals surface area contributed by atoms with Gasteiger partial charge in [0.05, 0.1) is 6.10 Å². The van der Waals surface area contributed by atoms with Crippen molar-refractivity contribution >= 4 is 23.7 Å². The SMILES string of the molecule is CC(O)C(N)C(=O)NC(CCCN=C(N)N)C(=O)NC(Cc1ccccc1)C(=O)O. The lowest BCUT2D eigenvalue weighted by Gasteiger charge is -2.23. The molecular weight excluding hydrogens is 392 g/mol. The summed E-state index contributed by atoms with van der Waals surface area (Å²) in [7, 11) is 0. The second kappa shape index (κ2) is 12.4. The van der Waals surface area contributed by atoms with Crippen molar-refractivity contribution in [2.45, 2.75) is 50.4 Å². The van der Waals surface area contributed by atoms with Crippen molar-refractivity contribution in [1.82, 2.24) is 10.6 Å². The highest BCUT2D eigenvalue weighted by Gasteiger charge is 2.29. The molecule has 0 aliphatic heterocycles. The molecule has 10 N–H and O–H groups in total. The highest BCUT2D eigenvalue weighted by molar-refractivity contribution is 5.92. The summed E-state index contributed by atoms with van der Waals surface area (Å²) in [5.41, 5.74) is 16.9. The molecule has 0 aromatic heterocycles. The van der Waals surface area contributed by atoms with Gasteiger partial charge in [0.15, 0.2) is 5.96 Å². The lowest BCUT2D eigenvalue weighted by molar-refractivity contribution is -0.142. The van der Waals surface area contributed by atoms with E-state index in [4.69, 9.17) is 17.2 Å². The normalized spacial score (nSPS) is 14.6. The number of hydrogen-bond acceptors (Lipinski definition) is 6. The molecular formula is C19H30N6O5. The average Bonchev–Trinajstić information content (AvgIpc) is 2.69. The first-order valence-corrected chi connectivity index (χ1v) is 9.48. The molecule has 0 fully saturated rings. The molecule has 11 heteroatoms. The Hall–Kier alpha value is -3.18. The van der Waals surface area contributed by atoms with Crippen LogP contribution in [0.1, 0.15) is 25.3 Å². The van der Waals surface area contributed by atoms with Gasteiger partial charge in [-0.05, 0) is 25.3 Å². The van der Waals surface area contributed by atoms with Gasteiger partial charge < -0.3 is 38.0 Å². The Morgan fingerprint density at radius 3 is 2.20 bits per heavy atom. The zero-order chi connectivity index (χ0) is 22.7. The predicted molar refractivity (Wildman–Crippen MR) is 111 cm³/mol. The van der Waals surface area contributed by atoms with Gasteiger partial charge in [0.1, 0.15) is 18.1 Å². The van der Waals surface area contributed by atoms with Crippen LogP contribution in [0.15, 0.2) is 35.3 Å². The lowest BCUT2D eigenvalue weighted by atomic mass is 10.0. The molecule has 2 amide bonds. The summed E-state index contributed by atoms with van der Waals surface area (Å²) in [6.07, 6.45) is -0.570. The van der Waals surface area contributed by atoms with Crippen LogP contribution in [0, 0.1) is 0 Å². The molecule has 0 bridgehead atoms. The first-order chi connectivity index (χ1) is 14.1. The molecule has 0 aliphatic carbocycles. The standard InChI is InChI=1S/C19H30N6O5/c1-11(26)15(20)17(28)24-13(8-5-9-23-19(21)22)16(27)25-14(18(29)30)10-12-6-3-2-4-7-12/h2-4,6-7,11,13-15,26H,5,8-10,20H2,1H3,(H,24,28)(H,25,27)(H,29,30)(H4,21,22,23). The Morgan fingerprint density at radius 1 is 1.07 bits per heavy atom. The summed E-state index contributed by atoms with van der Waals surface area (Å²) in [6, 6.07) is 5.32. The Morgan fingerprint density at radius 2 is 1.67 bits per heavy atom. The van der Waals surface area contributed by atoms with Crippen LogP contribution in [-0.4, -0.2) is 64.7 Å². The number of carboxylic acids is 1. The molecule has 1 aromatic carbocycles. The number of carboxylic acid groups (broad SMARTS) is 1. The minimum atomic E-state index is -1.24. The highest BCUT2D eigenvalue weighted by Crippen LogP contribution is 2.06. The fourth-order valence-electron chi connectivity index (χ4n) is 2.58. The van der Waals surface area contributed by atoms with Gasteiger partial charge in [-0.1, -0.05) is 30.3 Å². The number of nitrogens with one attached hydrogen (secondary N) is 2. The van der Waals surface area contributed by atoms with Gasteiger partial charge in [0.2, 0.25) is 11.8 Å². The molecule has 0 aliphatic rings. The number of hydrogen-bond donors (Lipinski definition) is 7. The summed E-state index contributed by atoms with van der Waals surface area (Å²) in [5.74, 6) is -2.74. The summed E-state index contributed by atoms with van der Waals surface area (Å²) < 4.78 is 0. The summed E-state index contributed by atoms with van der Waals surface area (Å²) in [4.78, 5) is 40.3. The largest absolute Gasteiger partial charge is 0.480 e. The first kappa shape index (κ1) is 24.9. The van der Waals surface area contributed by atoms with Crippen LogP contribution < -0.4 is 27.8 Å². The van der Waals surface area contributed by atoms with E-state index in [1.165, 1.54) is 6.92 Å². The van der Waals surface area contributed by atoms with Gasteiger partial charge in [0.25, 0.3) is 0 Å². The van der Waals surface area contributed by atoms with E-state index in [0.717, 1.165) is 5.56 Å². The molecule has 1 rings (SSSR count). The van der Waals surface area contributed by atoms with E-state index in [-0.39, 0.29) is 25.3 Å². The van der Waals surface area contributed by atoms with Gasteiger partial charge in [-0.25, -0.2) is 4.79 Å². The van der Waals surface area contributed by atoms with Crippen LogP contribution in [0.3, 0.4) is 0 Å². The third kappa shape index (κ3) is 8.88. The molecule has 4 unspecified atom stereocenters. The van der Waals surface area contributed by atoms with Crippen molar-refractivity contribution in [2.24, 2.45) is 22.2 Å². The number of aliphatic hydroxyl groups is 1. The number of guanidine groups is 1. The summed E-state index contributed by atoms with van der Waals surface area (Å²) >= 11 is 0. The first-order valence-electron chi connectivity index (χ1n) is 9.48. The van der Waals surface area contributed by atoms with Crippen LogP contribution in [0.2, 0.25) is 0 Å². The fraction of sp³-hybridized carbons (Fsp3) is 0.474. The second-order valence-electron chi connectivity index (χ2n) is 6.87. The van der Waals surface area contributed by atoms with E-state index in [0.29, 0.717) is 6.42 Å². The van der Waals surface area contributed by atoms with Crippen LogP contribution in [0.5, 0.6) is 0 Å². The van der Waals surface area contributed by atoms with E-state index >= 15 is 0 Å². The highest BCUT2D eigenvalue weighted by atomic mass is 16.4. The third-order valence-electron chi connectivity index (χ3n) is 4.30. The predicted octanol–water partition coefficient (Wildman–Crippen LogP) is -1.95. The maximum atomic E-state index is 12.7. The maximum Gasteiger partial charge on any atom is 0.326 e. The smallest absolute Gasteiger partial charge is 0.326 e. The Balaban J connectivity index is 2.87. The zero-order valence-corrected chi connectivity index (χ0v) is 16.8. The number of carbonyl (C=O) groups is 3. The minimum Gasteiger partial charge on any atom is -0.480 e. The number of rotatable bonds is 12. The van der Waals surface area contributed by atoms with Crippen LogP contribution in [0.4, 0.5) is 0 Å². The monoisotopic (exact) mass is 422 g/mol. The molecule has 0 spiro atoms. The number of amides is 2. The van der Waals surface area contributed by atoms with Crippen molar-refractivity contribution in [1.29, 1.82) is 0 Å². The van der Waals surface area contributed by atoms with E-state index in [1.807, 2.05) is 0 Å². The molecule has 0 heterocycles.